The van der Waals surface area contributed by atoms with Crippen molar-refractivity contribution in [2.24, 2.45) is 0 Å². The van der Waals surface area contributed by atoms with Gasteiger partial charge in [0.1, 0.15) is 5.82 Å². The van der Waals surface area contributed by atoms with Crippen molar-refractivity contribution in [1.82, 2.24) is 9.97 Å². The van der Waals surface area contributed by atoms with E-state index in [-0.39, 0.29) is 5.82 Å². The second-order valence-corrected chi connectivity index (χ2v) is 5.59. The second-order valence-electron chi connectivity index (χ2n) is 5.18. The minimum absolute atomic E-state index is 0.284. The van der Waals surface area contributed by atoms with Crippen molar-refractivity contribution in [2.45, 2.75) is 13.8 Å². The molecule has 3 rings (SSSR count). The second kappa shape index (κ2) is 6.26. The molecule has 0 aliphatic rings. The van der Waals surface area contributed by atoms with E-state index in [0.717, 1.165) is 33.8 Å². The Kier molecular flexibility index (Phi) is 4.16. The number of rotatable bonds is 2. The standard InChI is InChI=1S/C17H15FN4S/c1-10-11(2)20-16-9-14(7-8-15(16)19-10)22-17(23)21-13-5-3-12(18)4-6-13/h3-9H,1-2H3,(H2,21,22,23). The molecule has 6 heteroatoms. The summed E-state index contributed by atoms with van der Waals surface area (Å²) < 4.78 is 12.9. The molecule has 116 valence electrons. The Labute approximate surface area is 138 Å². The van der Waals surface area contributed by atoms with E-state index in [2.05, 4.69) is 20.6 Å². The first-order chi connectivity index (χ1) is 11.0. The number of hydrogen-bond acceptors (Lipinski definition) is 3. The molecule has 0 amide bonds. The third kappa shape index (κ3) is 3.60. The Balaban J connectivity index is 1.76. The molecule has 0 bridgehead atoms. The molecule has 0 unspecified atom stereocenters. The van der Waals surface area contributed by atoms with Crippen LogP contribution in [0.3, 0.4) is 0 Å². The van der Waals surface area contributed by atoms with Gasteiger partial charge in [-0.05, 0) is 68.5 Å². The number of hydrogen-bond donors (Lipinski definition) is 2. The summed E-state index contributed by atoms with van der Waals surface area (Å²) in [6, 6.07) is 11.7. The van der Waals surface area contributed by atoms with Crippen LogP contribution in [-0.4, -0.2) is 15.1 Å². The summed E-state index contributed by atoms with van der Waals surface area (Å²) in [5.74, 6) is -0.284. The van der Waals surface area contributed by atoms with Gasteiger partial charge in [0.05, 0.1) is 22.4 Å². The first-order valence-corrected chi connectivity index (χ1v) is 7.51. The van der Waals surface area contributed by atoms with Crippen LogP contribution in [0.2, 0.25) is 0 Å². The van der Waals surface area contributed by atoms with E-state index < -0.39 is 0 Å². The maximum absolute atomic E-state index is 12.9. The number of halogens is 1. The highest BCUT2D eigenvalue weighted by atomic mass is 32.1. The smallest absolute Gasteiger partial charge is 0.175 e. The molecule has 2 aromatic carbocycles. The van der Waals surface area contributed by atoms with Crippen molar-refractivity contribution in [3.05, 3.63) is 59.7 Å². The van der Waals surface area contributed by atoms with Crippen molar-refractivity contribution >= 4 is 39.7 Å². The molecular formula is C17H15FN4S. The number of nitrogens with one attached hydrogen (secondary N) is 2. The highest BCUT2D eigenvalue weighted by Gasteiger charge is 2.04. The average molecular weight is 326 g/mol. The maximum atomic E-state index is 12.9. The van der Waals surface area contributed by atoms with Gasteiger partial charge in [-0.15, -0.1) is 0 Å². The van der Waals surface area contributed by atoms with Crippen LogP contribution < -0.4 is 10.6 Å². The molecule has 3 aromatic rings. The molecule has 1 heterocycles. The summed E-state index contributed by atoms with van der Waals surface area (Å²) in [6.07, 6.45) is 0. The fourth-order valence-corrected chi connectivity index (χ4v) is 2.37. The van der Waals surface area contributed by atoms with E-state index in [1.54, 1.807) is 12.1 Å². The van der Waals surface area contributed by atoms with Crippen LogP contribution in [0.4, 0.5) is 15.8 Å². The van der Waals surface area contributed by atoms with Gasteiger partial charge in [0, 0.05) is 11.4 Å². The Hall–Kier alpha value is -2.60. The van der Waals surface area contributed by atoms with Gasteiger partial charge in [-0.2, -0.15) is 0 Å². The number of thiocarbonyl (C=S) groups is 1. The molecule has 4 nitrogen and oxygen atoms in total. The van der Waals surface area contributed by atoms with Gasteiger partial charge >= 0.3 is 0 Å². The lowest BCUT2D eigenvalue weighted by molar-refractivity contribution is 0.628. The fourth-order valence-electron chi connectivity index (χ4n) is 2.14. The van der Waals surface area contributed by atoms with Crippen molar-refractivity contribution in [3.63, 3.8) is 0 Å². The predicted molar refractivity (Wildman–Crippen MR) is 95.3 cm³/mol. The van der Waals surface area contributed by atoms with Gasteiger partial charge in [0.25, 0.3) is 0 Å². The highest BCUT2D eigenvalue weighted by molar-refractivity contribution is 7.80. The third-order valence-corrected chi connectivity index (χ3v) is 3.64. The first kappa shape index (κ1) is 15.3. The summed E-state index contributed by atoms with van der Waals surface area (Å²) in [7, 11) is 0. The largest absolute Gasteiger partial charge is 0.332 e. The zero-order valence-corrected chi connectivity index (χ0v) is 13.5. The molecule has 0 saturated heterocycles. The van der Waals surface area contributed by atoms with Crippen molar-refractivity contribution in [3.8, 4) is 0 Å². The average Bonchev–Trinajstić information content (AvgIpc) is 2.51. The van der Waals surface area contributed by atoms with Crippen LogP contribution in [-0.2, 0) is 0 Å². The first-order valence-electron chi connectivity index (χ1n) is 7.10. The van der Waals surface area contributed by atoms with E-state index in [1.807, 2.05) is 32.0 Å². The number of aromatic nitrogens is 2. The molecule has 0 saturated carbocycles. The normalized spacial score (nSPS) is 10.6. The van der Waals surface area contributed by atoms with Gasteiger partial charge in [0.2, 0.25) is 0 Å². The number of fused-ring (bicyclic) bond motifs is 1. The maximum Gasteiger partial charge on any atom is 0.175 e. The van der Waals surface area contributed by atoms with E-state index >= 15 is 0 Å². The van der Waals surface area contributed by atoms with E-state index in [4.69, 9.17) is 12.2 Å². The Morgan fingerprint density at radius 2 is 1.43 bits per heavy atom. The molecule has 1 aromatic heterocycles. The number of benzene rings is 2. The molecule has 0 aliphatic heterocycles. The summed E-state index contributed by atoms with van der Waals surface area (Å²) >= 11 is 5.27. The summed E-state index contributed by atoms with van der Waals surface area (Å²) in [6.45, 7) is 3.87. The van der Waals surface area contributed by atoms with Gasteiger partial charge in [-0.3, -0.25) is 0 Å². The molecule has 2 N–H and O–H groups in total. The molecule has 0 aliphatic carbocycles. The molecule has 23 heavy (non-hydrogen) atoms. The molecular weight excluding hydrogens is 311 g/mol. The van der Waals surface area contributed by atoms with Gasteiger partial charge in [-0.25, -0.2) is 14.4 Å². The van der Waals surface area contributed by atoms with Gasteiger partial charge < -0.3 is 10.6 Å². The SMILES string of the molecule is Cc1nc2ccc(NC(=S)Nc3ccc(F)cc3)cc2nc1C. The molecule has 0 spiro atoms. The number of aryl methyl sites for hydroxylation is 2. The van der Waals surface area contributed by atoms with E-state index in [0.29, 0.717) is 5.11 Å². The van der Waals surface area contributed by atoms with Crippen LogP contribution in [0.25, 0.3) is 11.0 Å². The molecule has 0 atom stereocenters. The summed E-state index contributed by atoms with van der Waals surface area (Å²) in [5, 5.41) is 6.52. The minimum atomic E-state index is -0.284. The van der Waals surface area contributed by atoms with Gasteiger partial charge in [-0.1, -0.05) is 0 Å². The van der Waals surface area contributed by atoms with Crippen molar-refractivity contribution in [2.75, 3.05) is 10.6 Å². The minimum Gasteiger partial charge on any atom is -0.332 e. The monoisotopic (exact) mass is 326 g/mol. The zero-order valence-electron chi connectivity index (χ0n) is 12.7. The lowest BCUT2D eigenvalue weighted by Crippen LogP contribution is -2.19. The zero-order chi connectivity index (χ0) is 16.4. The van der Waals surface area contributed by atoms with E-state index in [9.17, 15) is 4.39 Å². The Bertz CT molecular complexity index is 878. The lowest BCUT2D eigenvalue weighted by atomic mass is 10.2. The van der Waals surface area contributed by atoms with Crippen LogP contribution in [0, 0.1) is 19.7 Å². The summed E-state index contributed by atoms with van der Waals surface area (Å²) in [4.78, 5) is 9.03. The Morgan fingerprint density at radius 3 is 2.13 bits per heavy atom. The van der Waals surface area contributed by atoms with Crippen LogP contribution in [0.15, 0.2) is 42.5 Å². The Morgan fingerprint density at radius 1 is 0.870 bits per heavy atom. The van der Waals surface area contributed by atoms with Crippen molar-refractivity contribution in [1.29, 1.82) is 0 Å². The molecule has 0 fully saturated rings. The van der Waals surface area contributed by atoms with Crippen LogP contribution >= 0.6 is 12.2 Å². The highest BCUT2D eigenvalue weighted by Crippen LogP contribution is 2.18. The lowest BCUT2D eigenvalue weighted by Gasteiger charge is -2.11. The number of nitrogens with zero attached hydrogens (tertiary/aromatic N) is 2. The van der Waals surface area contributed by atoms with Crippen LogP contribution in [0.5, 0.6) is 0 Å². The van der Waals surface area contributed by atoms with E-state index in [1.165, 1.54) is 12.1 Å². The topological polar surface area (TPSA) is 49.8 Å². The van der Waals surface area contributed by atoms with Crippen LogP contribution in [0.1, 0.15) is 11.4 Å². The summed E-state index contributed by atoms with van der Waals surface area (Å²) in [5.41, 5.74) is 5.01. The predicted octanol–water partition coefficient (Wildman–Crippen LogP) is 4.19. The third-order valence-electron chi connectivity index (χ3n) is 3.44. The van der Waals surface area contributed by atoms with Crippen molar-refractivity contribution < 1.29 is 4.39 Å². The van der Waals surface area contributed by atoms with Gasteiger partial charge in [0.15, 0.2) is 5.11 Å². The molecule has 0 radical (unpaired) electrons. The quantitative estimate of drug-likeness (QED) is 0.691. The fraction of sp³-hybridized carbons (Fsp3) is 0.118. The number of anilines is 2.